The Kier molecular flexibility index (Phi) is 18.2. The minimum atomic E-state index is -0.744. The summed E-state index contributed by atoms with van der Waals surface area (Å²) in [6.07, 6.45) is 10.2. The largest absolute Gasteiger partial charge is 1.00 e. The molecule has 0 saturated heterocycles. The number of fused-ring (bicyclic) bond motifs is 2. The molecule has 0 amide bonds. The zero-order valence-electron chi connectivity index (χ0n) is 42.7. The molecule has 4 aliphatic rings. The molecule has 6 aromatic rings. The third-order valence-corrected chi connectivity index (χ3v) is 15.7. The van der Waals surface area contributed by atoms with E-state index in [1.165, 1.54) is 37.6 Å². The third-order valence-electron chi connectivity index (χ3n) is 15.7. The van der Waals surface area contributed by atoms with E-state index >= 15 is 0 Å². The fraction of sp³-hybridized carbons (Fsp3) is 0.377. The first-order chi connectivity index (χ1) is 34.4. The molecule has 2 saturated carbocycles. The minimum absolute atomic E-state index is 0. The van der Waals surface area contributed by atoms with Crippen LogP contribution in [0.4, 0.5) is 8.78 Å². The van der Waals surface area contributed by atoms with E-state index in [0.717, 1.165) is 102 Å². The number of rotatable bonds is 14. The number of halogens is 2. The average molecular weight is 987 g/mol. The standard InChI is InChI=1S/C31H33FO4.C30H31FO4.Li.H2O/c1-19(31(33)35-3)30(23-5-4-6-23)24-12-11-22-13-16-28(36-29(22)17-24)21-9-7-20(8-10-21)26-18-25(34-2)14-15-27(26)32;1-18(30(32)33)29(22-4-3-5-22)23-11-10-21-12-15-27(35-28(21)16-23)20-8-6-19(7-9-20)25-17-24(34-2)13-14-26(25)31;;/h7-12,14-15,17-19,23,28,30H,4-6,13,16H2,1-3H3;6-11,13-14,16-18,22,27,29H,3-5,12,15H2,1-2H3,(H,32,33);;1H2/q;;+1;/p-1. The summed E-state index contributed by atoms with van der Waals surface area (Å²) in [7, 11) is 4.61. The Labute approximate surface area is 440 Å². The van der Waals surface area contributed by atoms with Gasteiger partial charge in [-0.05, 0) is 168 Å². The maximum atomic E-state index is 14.4. The topological polar surface area (TPSA) is 131 Å². The van der Waals surface area contributed by atoms with Crippen molar-refractivity contribution in [3.63, 3.8) is 0 Å². The Morgan fingerprint density at radius 2 is 0.973 bits per heavy atom. The first-order valence-corrected chi connectivity index (χ1v) is 25.2. The molecule has 6 aromatic carbocycles. The molecule has 2 heterocycles. The van der Waals surface area contributed by atoms with Gasteiger partial charge < -0.3 is 34.3 Å². The number of aliphatic carboxylic acids is 1. The Morgan fingerprint density at radius 3 is 1.33 bits per heavy atom. The van der Waals surface area contributed by atoms with Gasteiger partial charge in [0.05, 0.1) is 33.2 Å². The van der Waals surface area contributed by atoms with Crippen molar-refractivity contribution < 1.29 is 71.5 Å². The number of hydrogen-bond donors (Lipinski definition) is 1. The second-order valence-electron chi connectivity index (χ2n) is 19.8. The quantitative estimate of drug-likeness (QED) is 0.0837. The van der Waals surface area contributed by atoms with Gasteiger partial charge in [0.15, 0.2) is 0 Å². The number of methoxy groups -OCH3 is 3. The molecule has 2 aliphatic heterocycles. The van der Waals surface area contributed by atoms with Crippen molar-refractivity contribution in [3.05, 3.63) is 166 Å². The Balaban J connectivity index is 0.000000208. The van der Waals surface area contributed by atoms with E-state index in [2.05, 4.69) is 36.4 Å². The monoisotopic (exact) mass is 986 g/mol. The summed E-state index contributed by atoms with van der Waals surface area (Å²) < 4.78 is 57.3. The van der Waals surface area contributed by atoms with Gasteiger partial charge in [-0.2, -0.15) is 0 Å². The van der Waals surface area contributed by atoms with Crippen LogP contribution in [-0.4, -0.2) is 43.9 Å². The first kappa shape index (κ1) is 54.6. The summed E-state index contributed by atoms with van der Waals surface area (Å²) in [5.74, 6) is 1.97. The molecule has 10 rings (SSSR count). The zero-order chi connectivity index (χ0) is 49.8. The molecule has 2 N–H and O–H groups in total. The van der Waals surface area contributed by atoms with Crippen molar-refractivity contribution in [2.45, 2.75) is 102 Å². The minimum Gasteiger partial charge on any atom is -0.870 e. The summed E-state index contributed by atoms with van der Waals surface area (Å²) in [6, 6.07) is 38.0. The smallest absolute Gasteiger partial charge is 0.870 e. The van der Waals surface area contributed by atoms with Gasteiger partial charge in [0.25, 0.3) is 0 Å². The average Bonchev–Trinajstić information content (AvgIpc) is 3.37. The van der Waals surface area contributed by atoms with Gasteiger partial charge in [-0.1, -0.05) is 99.5 Å². The number of aryl methyl sites for hydroxylation is 2. The molecule has 2 aliphatic carbocycles. The summed E-state index contributed by atoms with van der Waals surface area (Å²) in [6.45, 7) is 3.80. The maximum Gasteiger partial charge on any atom is 1.00 e. The molecular weight excluding hydrogens is 922 g/mol. The number of esters is 1. The van der Waals surface area contributed by atoms with Crippen LogP contribution in [0.2, 0.25) is 0 Å². The summed E-state index contributed by atoms with van der Waals surface area (Å²) in [5, 5.41) is 9.70. The van der Waals surface area contributed by atoms with Gasteiger partial charge in [-0.15, -0.1) is 0 Å². The number of ether oxygens (including phenoxy) is 5. The van der Waals surface area contributed by atoms with Crippen molar-refractivity contribution in [3.8, 4) is 45.3 Å². The van der Waals surface area contributed by atoms with Crippen molar-refractivity contribution in [1.82, 2.24) is 0 Å². The van der Waals surface area contributed by atoms with E-state index in [4.69, 9.17) is 23.7 Å². The van der Waals surface area contributed by atoms with E-state index in [9.17, 15) is 23.5 Å². The fourth-order valence-electron chi connectivity index (χ4n) is 11.1. The normalized spacial score (nSPS) is 18.5. The van der Waals surface area contributed by atoms with Crippen LogP contribution in [0.5, 0.6) is 23.0 Å². The zero-order valence-corrected chi connectivity index (χ0v) is 42.7. The molecule has 2 fully saturated rings. The molecule has 12 heteroatoms. The molecule has 0 aromatic heterocycles. The van der Waals surface area contributed by atoms with Gasteiger partial charge in [0.1, 0.15) is 46.8 Å². The second-order valence-corrected chi connectivity index (χ2v) is 19.8. The van der Waals surface area contributed by atoms with Crippen LogP contribution in [0.15, 0.2) is 121 Å². The van der Waals surface area contributed by atoms with Crippen LogP contribution in [0.25, 0.3) is 22.3 Å². The molecule has 9 nitrogen and oxygen atoms in total. The predicted octanol–water partition coefficient (Wildman–Crippen LogP) is 11.3. The molecule has 0 radical (unpaired) electrons. The molecule has 0 spiro atoms. The third kappa shape index (κ3) is 12.0. The van der Waals surface area contributed by atoms with Crippen LogP contribution < -0.4 is 37.8 Å². The van der Waals surface area contributed by atoms with Gasteiger partial charge in [0.2, 0.25) is 0 Å². The number of carboxylic acid groups (broad SMARTS) is 1. The van der Waals surface area contributed by atoms with Crippen LogP contribution in [0.1, 0.15) is 123 Å². The molecule has 73 heavy (non-hydrogen) atoms. The summed E-state index contributed by atoms with van der Waals surface area (Å²) in [4.78, 5) is 24.2. The molecule has 6 atom stereocenters. The molecule has 378 valence electrons. The molecule has 6 unspecified atom stereocenters. The summed E-state index contributed by atoms with van der Waals surface area (Å²) >= 11 is 0. The Morgan fingerprint density at radius 1 is 0.562 bits per heavy atom. The maximum absolute atomic E-state index is 14.4. The summed E-state index contributed by atoms with van der Waals surface area (Å²) in [5.41, 5.74) is 9.29. The van der Waals surface area contributed by atoms with E-state index in [-0.39, 0.29) is 71.9 Å². The van der Waals surface area contributed by atoms with Crippen LogP contribution in [0.3, 0.4) is 0 Å². The van der Waals surface area contributed by atoms with E-state index < -0.39 is 11.9 Å². The SMILES string of the molecule is COC(=O)C(C)C(c1ccc2c(c1)OC(c1ccc(-c3cc(OC)ccc3F)cc1)CC2)C1CCC1.COc1ccc(F)c(-c2ccc(C3CCc4ccc(C(C5CCC5)C(C)C(=O)O)cc4O3)cc2)c1.[Li+].[OH-]. The van der Waals surface area contributed by atoms with Crippen LogP contribution >= 0.6 is 0 Å². The van der Waals surface area contributed by atoms with Crippen molar-refractivity contribution in [2.24, 2.45) is 23.7 Å². The van der Waals surface area contributed by atoms with Crippen LogP contribution in [0, 0.1) is 35.3 Å². The Bertz CT molecular complexity index is 2850. The number of carbonyl (C=O) groups is 2. The number of hydrogen-bond acceptors (Lipinski definition) is 8. The number of benzene rings is 6. The van der Waals surface area contributed by atoms with Crippen molar-refractivity contribution in [1.29, 1.82) is 0 Å². The van der Waals surface area contributed by atoms with E-state index in [1.54, 1.807) is 38.5 Å². The van der Waals surface area contributed by atoms with Gasteiger partial charge in [0, 0.05) is 11.1 Å². The first-order valence-electron chi connectivity index (χ1n) is 25.2. The van der Waals surface area contributed by atoms with Gasteiger partial charge in [-0.3, -0.25) is 9.59 Å². The molecular formula is C61H65F2LiO9. The number of carbonyl (C=O) groups excluding carboxylic acids is 1. The van der Waals surface area contributed by atoms with E-state index in [0.29, 0.717) is 34.5 Å². The van der Waals surface area contributed by atoms with Crippen molar-refractivity contribution in [2.75, 3.05) is 21.3 Å². The van der Waals surface area contributed by atoms with E-state index in [1.807, 2.05) is 62.4 Å². The van der Waals surface area contributed by atoms with Crippen LogP contribution in [-0.2, 0) is 27.2 Å². The number of carboxylic acids is 1. The van der Waals surface area contributed by atoms with Gasteiger partial charge in [-0.25, -0.2) is 8.78 Å². The van der Waals surface area contributed by atoms with Crippen molar-refractivity contribution >= 4 is 11.9 Å². The fourth-order valence-corrected chi connectivity index (χ4v) is 11.1. The van der Waals surface area contributed by atoms with Gasteiger partial charge >= 0.3 is 30.8 Å². The molecule has 0 bridgehead atoms. The predicted molar refractivity (Wildman–Crippen MR) is 273 cm³/mol. The second kappa shape index (κ2) is 24.3. The Hall–Kier alpha value is -6.12.